The van der Waals surface area contributed by atoms with Crippen molar-refractivity contribution in [2.75, 3.05) is 13.6 Å². The quantitative estimate of drug-likeness (QED) is 0.790. The molecule has 1 atom stereocenters. The predicted molar refractivity (Wildman–Crippen MR) is 62.3 cm³/mol. The molecule has 0 aliphatic carbocycles. The molecule has 0 amide bonds. The molecular formula is C12H19FN2O. The van der Waals surface area contributed by atoms with E-state index in [9.17, 15) is 9.50 Å². The number of nitrogens with zero attached hydrogens (tertiary/aromatic N) is 1. The van der Waals surface area contributed by atoms with Gasteiger partial charge in [0.2, 0.25) is 0 Å². The van der Waals surface area contributed by atoms with Crippen LogP contribution in [0.5, 0.6) is 0 Å². The zero-order valence-corrected chi connectivity index (χ0v) is 9.78. The normalized spacial score (nSPS) is 13.1. The summed E-state index contributed by atoms with van der Waals surface area (Å²) in [6.07, 6.45) is -0.389. The van der Waals surface area contributed by atoms with Crippen molar-refractivity contribution in [2.24, 2.45) is 5.73 Å². The Bertz CT molecular complexity index is 342. The summed E-state index contributed by atoms with van der Waals surface area (Å²) in [7, 11) is 1.89. The molecule has 3 nitrogen and oxygen atoms in total. The van der Waals surface area contributed by atoms with Crippen LogP contribution in [0, 0.1) is 5.82 Å². The van der Waals surface area contributed by atoms with Crippen LogP contribution >= 0.6 is 0 Å². The van der Waals surface area contributed by atoms with E-state index in [1.54, 1.807) is 13.0 Å². The molecule has 0 heterocycles. The standard InChI is InChI=1S/C12H19FN2O/c1-9(16)7-15(2)8-11-5-12(13)4-3-10(11)6-14/h3-5,9,16H,6-8,14H2,1-2H3. The van der Waals surface area contributed by atoms with Gasteiger partial charge in [-0.2, -0.15) is 0 Å². The van der Waals surface area contributed by atoms with Gasteiger partial charge in [-0.05, 0) is 37.2 Å². The van der Waals surface area contributed by atoms with Gasteiger partial charge in [-0.3, -0.25) is 4.90 Å². The van der Waals surface area contributed by atoms with Gasteiger partial charge in [-0.25, -0.2) is 4.39 Å². The molecule has 3 N–H and O–H groups in total. The van der Waals surface area contributed by atoms with E-state index in [-0.39, 0.29) is 11.9 Å². The van der Waals surface area contributed by atoms with Crippen LogP contribution in [0.4, 0.5) is 4.39 Å². The number of likely N-dealkylation sites (N-methyl/N-ethyl adjacent to an activating group) is 1. The summed E-state index contributed by atoms with van der Waals surface area (Å²) in [6, 6.07) is 4.63. The lowest BCUT2D eigenvalue weighted by molar-refractivity contribution is 0.138. The smallest absolute Gasteiger partial charge is 0.123 e. The van der Waals surface area contributed by atoms with E-state index in [4.69, 9.17) is 5.73 Å². The van der Waals surface area contributed by atoms with E-state index in [0.29, 0.717) is 19.6 Å². The molecule has 0 saturated heterocycles. The highest BCUT2D eigenvalue weighted by Gasteiger charge is 2.08. The number of aliphatic hydroxyl groups is 1. The second-order valence-corrected chi connectivity index (χ2v) is 4.16. The summed E-state index contributed by atoms with van der Waals surface area (Å²) in [6.45, 7) is 3.28. The van der Waals surface area contributed by atoms with Gasteiger partial charge in [0.15, 0.2) is 0 Å². The Hall–Kier alpha value is -0.970. The summed E-state index contributed by atoms with van der Waals surface area (Å²) < 4.78 is 13.1. The third-order valence-electron chi connectivity index (χ3n) is 2.40. The lowest BCUT2D eigenvalue weighted by Gasteiger charge is -2.19. The Morgan fingerprint density at radius 2 is 2.12 bits per heavy atom. The Labute approximate surface area is 95.7 Å². The Morgan fingerprint density at radius 1 is 1.44 bits per heavy atom. The van der Waals surface area contributed by atoms with Crippen LogP contribution < -0.4 is 5.73 Å². The van der Waals surface area contributed by atoms with E-state index < -0.39 is 0 Å². The summed E-state index contributed by atoms with van der Waals surface area (Å²) in [5, 5.41) is 9.24. The van der Waals surface area contributed by atoms with Crippen LogP contribution in [0.1, 0.15) is 18.1 Å². The molecule has 16 heavy (non-hydrogen) atoms. The zero-order valence-electron chi connectivity index (χ0n) is 9.78. The number of hydrogen-bond acceptors (Lipinski definition) is 3. The first-order valence-corrected chi connectivity index (χ1v) is 5.37. The van der Waals surface area contributed by atoms with Crippen LogP contribution in [0.3, 0.4) is 0 Å². The zero-order chi connectivity index (χ0) is 12.1. The van der Waals surface area contributed by atoms with E-state index in [1.165, 1.54) is 12.1 Å². The van der Waals surface area contributed by atoms with E-state index in [2.05, 4.69) is 0 Å². The van der Waals surface area contributed by atoms with Crippen molar-refractivity contribution in [1.82, 2.24) is 4.90 Å². The van der Waals surface area contributed by atoms with Gasteiger partial charge in [0, 0.05) is 19.6 Å². The second kappa shape index (κ2) is 5.94. The maximum absolute atomic E-state index is 13.1. The average Bonchev–Trinajstić information content (AvgIpc) is 2.16. The van der Waals surface area contributed by atoms with E-state index in [0.717, 1.165) is 11.1 Å². The first-order valence-electron chi connectivity index (χ1n) is 5.37. The van der Waals surface area contributed by atoms with Crippen molar-refractivity contribution in [1.29, 1.82) is 0 Å². The molecule has 0 fully saturated rings. The molecule has 1 rings (SSSR count). The molecule has 1 aromatic carbocycles. The third-order valence-corrected chi connectivity index (χ3v) is 2.40. The van der Waals surface area contributed by atoms with Crippen LogP contribution in [0.25, 0.3) is 0 Å². The molecular weight excluding hydrogens is 207 g/mol. The van der Waals surface area contributed by atoms with Gasteiger partial charge >= 0.3 is 0 Å². The molecule has 0 bridgehead atoms. The third kappa shape index (κ3) is 3.89. The first-order chi connectivity index (χ1) is 7.52. The highest BCUT2D eigenvalue weighted by Crippen LogP contribution is 2.13. The van der Waals surface area contributed by atoms with Gasteiger partial charge in [0.25, 0.3) is 0 Å². The minimum absolute atomic E-state index is 0.252. The molecule has 0 aliphatic rings. The molecule has 0 aromatic heterocycles. The number of benzene rings is 1. The summed E-state index contributed by atoms with van der Waals surface area (Å²) >= 11 is 0. The molecule has 0 radical (unpaired) electrons. The van der Waals surface area contributed by atoms with Crippen molar-refractivity contribution in [2.45, 2.75) is 26.1 Å². The lowest BCUT2D eigenvalue weighted by atomic mass is 10.1. The summed E-state index contributed by atoms with van der Waals surface area (Å²) in [5.74, 6) is -0.252. The van der Waals surface area contributed by atoms with E-state index in [1.807, 2.05) is 11.9 Å². The van der Waals surface area contributed by atoms with Crippen molar-refractivity contribution in [3.05, 3.63) is 35.1 Å². The van der Waals surface area contributed by atoms with E-state index >= 15 is 0 Å². The Balaban J connectivity index is 2.74. The summed E-state index contributed by atoms with van der Waals surface area (Å²) in [4.78, 5) is 1.94. The average molecular weight is 226 g/mol. The van der Waals surface area contributed by atoms with Gasteiger partial charge in [-0.1, -0.05) is 6.07 Å². The fourth-order valence-electron chi connectivity index (χ4n) is 1.75. The minimum Gasteiger partial charge on any atom is -0.392 e. The summed E-state index contributed by atoms with van der Waals surface area (Å²) in [5.41, 5.74) is 7.41. The van der Waals surface area contributed by atoms with Gasteiger partial charge in [0.05, 0.1) is 6.10 Å². The van der Waals surface area contributed by atoms with Gasteiger partial charge in [-0.15, -0.1) is 0 Å². The number of aliphatic hydroxyl groups excluding tert-OH is 1. The topological polar surface area (TPSA) is 49.5 Å². The minimum atomic E-state index is -0.389. The van der Waals surface area contributed by atoms with Crippen molar-refractivity contribution in [3.8, 4) is 0 Å². The highest BCUT2D eigenvalue weighted by atomic mass is 19.1. The molecule has 1 unspecified atom stereocenters. The molecule has 90 valence electrons. The number of rotatable bonds is 5. The van der Waals surface area contributed by atoms with Crippen LogP contribution in [0.15, 0.2) is 18.2 Å². The van der Waals surface area contributed by atoms with Gasteiger partial charge in [0.1, 0.15) is 5.82 Å². The van der Waals surface area contributed by atoms with Crippen molar-refractivity contribution < 1.29 is 9.50 Å². The maximum atomic E-state index is 13.1. The van der Waals surface area contributed by atoms with Crippen molar-refractivity contribution >= 4 is 0 Å². The molecule has 4 heteroatoms. The number of halogens is 1. The second-order valence-electron chi connectivity index (χ2n) is 4.16. The van der Waals surface area contributed by atoms with Crippen LogP contribution in [-0.4, -0.2) is 29.7 Å². The molecule has 0 saturated carbocycles. The van der Waals surface area contributed by atoms with Crippen LogP contribution in [0.2, 0.25) is 0 Å². The molecule has 1 aromatic rings. The maximum Gasteiger partial charge on any atom is 0.123 e. The Morgan fingerprint density at radius 3 is 2.69 bits per heavy atom. The van der Waals surface area contributed by atoms with Crippen molar-refractivity contribution in [3.63, 3.8) is 0 Å². The first kappa shape index (κ1) is 13.1. The molecule has 0 aliphatic heterocycles. The molecule has 0 spiro atoms. The predicted octanol–water partition coefficient (Wildman–Crippen LogP) is 1.10. The number of nitrogens with two attached hydrogens (primary N) is 1. The lowest BCUT2D eigenvalue weighted by Crippen LogP contribution is -2.27. The highest BCUT2D eigenvalue weighted by molar-refractivity contribution is 5.27. The van der Waals surface area contributed by atoms with Crippen LogP contribution in [-0.2, 0) is 13.1 Å². The Kier molecular flexibility index (Phi) is 4.86. The largest absolute Gasteiger partial charge is 0.392 e. The monoisotopic (exact) mass is 226 g/mol. The van der Waals surface area contributed by atoms with Gasteiger partial charge < -0.3 is 10.8 Å². The fourth-order valence-corrected chi connectivity index (χ4v) is 1.75. The fraction of sp³-hybridized carbons (Fsp3) is 0.500. The SMILES string of the molecule is CC(O)CN(C)Cc1cc(F)ccc1CN. The number of hydrogen-bond donors (Lipinski definition) is 2.